The van der Waals surface area contributed by atoms with Crippen LogP contribution in [0.3, 0.4) is 0 Å². The lowest BCUT2D eigenvalue weighted by Gasteiger charge is -2.35. The van der Waals surface area contributed by atoms with Crippen molar-refractivity contribution in [2.45, 2.75) is 70.1 Å². The molecule has 1 aliphatic heterocycles. The van der Waals surface area contributed by atoms with Crippen LogP contribution in [0.1, 0.15) is 51.9 Å². The zero-order valence-electron chi connectivity index (χ0n) is 12.4. The number of nitrogens with zero attached hydrogens (tertiary/aromatic N) is 1. The van der Waals surface area contributed by atoms with Crippen molar-refractivity contribution in [1.82, 2.24) is 10.2 Å². The zero-order chi connectivity index (χ0) is 14.6. The van der Waals surface area contributed by atoms with E-state index in [9.17, 15) is 13.2 Å². The van der Waals surface area contributed by atoms with Crippen LogP contribution in [0.4, 0.5) is 13.2 Å². The number of rotatable bonds is 4. The smallest absolute Gasteiger partial charge is 0.312 e. The van der Waals surface area contributed by atoms with Gasteiger partial charge in [0.15, 0.2) is 0 Å². The average molecular weight is 292 g/mol. The summed E-state index contributed by atoms with van der Waals surface area (Å²) >= 11 is 0. The molecule has 1 saturated carbocycles. The molecule has 3 unspecified atom stereocenters. The Morgan fingerprint density at radius 2 is 1.80 bits per heavy atom. The van der Waals surface area contributed by atoms with Crippen molar-refractivity contribution in [1.29, 1.82) is 0 Å². The van der Waals surface area contributed by atoms with Gasteiger partial charge in [-0.3, -0.25) is 4.90 Å². The maximum atomic E-state index is 12.8. The third-order valence-electron chi connectivity index (χ3n) is 4.85. The minimum Gasteiger partial charge on any atom is -0.312 e. The first-order chi connectivity index (χ1) is 9.47. The van der Waals surface area contributed by atoms with Crippen LogP contribution in [0.25, 0.3) is 0 Å². The maximum absolute atomic E-state index is 12.8. The highest BCUT2D eigenvalue weighted by molar-refractivity contribution is 4.83. The van der Waals surface area contributed by atoms with Gasteiger partial charge in [0.2, 0.25) is 0 Å². The van der Waals surface area contributed by atoms with E-state index in [1.54, 1.807) is 0 Å². The monoisotopic (exact) mass is 292 g/mol. The van der Waals surface area contributed by atoms with Crippen molar-refractivity contribution in [3.63, 3.8) is 0 Å². The second-order valence-electron chi connectivity index (χ2n) is 6.46. The Hall–Kier alpha value is -0.290. The first kappa shape index (κ1) is 16.1. The van der Waals surface area contributed by atoms with E-state index >= 15 is 0 Å². The first-order valence-electron chi connectivity index (χ1n) is 8.01. The molecule has 0 aromatic heterocycles. The van der Waals surface area contributed by atoms with Crippen molar-refractivity contribution in [2.24, 2.45) is 5.92 Å². The first-order valence-corrected chi connectivity index (χ1v) is 8.01. The van der Waals surface area contributed by atoms with Crippen LogP contribution >= 0.6 is 0 Å². The molecule has 20 heavy (non-hydrogen) atoms. The van der Waals surface area contributed by atoms with E-state index in [1.165, 1.54) is 19.3 Å². The fraction of sp³-hybridized carbons (Fsp3) is 1.00. The van der Waals surface area contributed by atoms with Crippen LogP contribution < -0.4 is 5.32 Å². The second-order valence-corrected chi connectivity index (χ2v) is 6.46. The van der Waals surface area contributed by atoms with Gasteiger partial charge in [0.05, 0.1) is 5.92 Å². The van der Waals surface area contributed by atoms with E-state index < -0.39 is 12.1 Å². The topological polar surface area (TPSA) is 15.3 Å². The molecule has 0 spiro atoms. The highest BCUT2D eigenvalue weighted by Crippen LogP contribution is 2.37. The molecule has 0 aromatic rings. The molecule has 1 saturated heterocycles. The molecule has 1 N–H and O–H groups in total. The zero-order valence-corrected chi connectivity index (χ0v) is 12.4. The molecular weight excluding hydrogens is 265 g/mol. The number of nitrogens with one attached hydrogen (secondary N) is 1. The molecule has 2 fully saturated rings. The summed E-state index contributed by atoms with van der Waals surface area (Å²) in [4.78, 5) is 2.46. The summed E-state index contributed by atoms with van der Waals surface area (Å²) in [6.45, 7) is 5.27. The molecule has 2 rings (SSSR count). The summed E-state index contributed by atoms with van der Waals surface area (Å²) < 4.78 is 38.3. The molecule has 0 amide bonds. The van der Waals surface area contributed by atoms with Gasteiger partial charge in [-0.2, -0.15) is 13.2 Å². The molecule has 5 heteroatoms. The maximum Gasteiger partial charge on any atom is 0.391 e. The van der Waals surface area contributed by atoms with Gasteiger partial charge in [0.1, 0.15) is 0 Å². The molecule has 0 radical (unpaired) electrons. The Morgan fingerprint density at radius 1 is 1.10 bits per heavy atom. The summed E-state index contributed by atoms with van der Waals surface area (Å²) in [6, 6.07) is 0.476. The summed E-state index contributed by atoms with van der Waals surface area (Å²) in [5.74, 6) is -1.10. The van der Waals surface area contributed by atoms with Gasteiger partial charge in [-0.15, -0.1) is 0 Å². The van der Waals surface area contributed by atoms with Crippen molar-refractivity contribution in [3.8, 4) is 0 Å². The van der Waals surface area contributed by atoms with Crippen molar-refractivity contribution < 1.29 is 13.2 Å². The Labute approximate surface area is 120 Å². The Balaban J connectivity index is 1.72. The van der Waals surface area contributed by atoms with Crippen molar-refractivity contribution in [3.05, 3.63) is 0 Å². The lowest BCUT2D eigenvalue weighted by molar-refractivity contribution is -0.183. The number of alkyl halides is 3. The van der Waals surface area contributed by atoms with Gasteiger partial charge in [0.25, 0.3) is 0 Å². The standard InChI is InChI=1S/C15H27F3N2/c1-12(20-8-3-2-4-9-20)11-19-14-7-5-6-13(10-14)15(16,17)18/h12-14,19H,2-11H2,1H3. The largest absolute Gasteiger partial charge is 0.391 e. The molecule has 1 aliphatic carbocycles. The summed E-state index contributed by atoms with van der Waals surface area (Å²) in [5, 5.41) is 3.38. The van der Waals surface area contributed by atoms with Crippen LogP contribution in [0, 0.1) is 5.92 Å². The molecular formula is C15H27F3N2. The van der Waals surface area contributed by atoms with Gasteiger partial charge in [-0.1, -0.05) is 12.8 Å². The molecule has 0 aromatic carbocycles. The van der Waals surface area contributed by atoms with Crippen LogP contribution in [0.15, 0.2) is 0 Å². The summed E-state index contributed by atoms with van der Waals surface area (Å²) in [7, 11) is 0. The lowest BCUT2D eigenvalue weighted by Crippen LogP contribution is -2.47. The van der Waals surface area contributed by atoms with Crippen LogP contribution in [-0.2, 0) is 0 Å². The van der Waals surface area contributed by atoms with E-state index in [0.29, 0.717) is 18.9 Å². The molecule has 118 valence electrons. The molecule has 3 atom stereocenters. The average Bonchev–Trinajstić information content (AvgIpc) is 2.45. The van der Waals surface area contributed by atoms with Crippen molar-refractivity contribution in [2.75, 3.05) is 19.6 Å². The Morgan fingerprint density at radius 3 is 2.45 bits per heavy atom. The van der Waals surface area contributed by atoms with Gasteiger partial charge in [-0.25, -0.2) is 0 Å². The van der Waals surface area contributed by atoms with Gasteiger partial charge < -0.3 is 5.32 Å². The van der Waals surface area contributed by atoms with Gasteiger partial charge >= 0.3 is 6.18 Å². The normalized spacial score (nSPS) is 31.2. The lowest BCUT2D eigenvalue weighted by atomic mass is 9.85. The number of hydrogen-bond acceptors (Lipinski definition) is 2. The highest BCUT2D eigenvalue weighted by atomic mass is 19.4. The number of likely N-dealkylation sites (tertiary alicyclic amines) is 1. The predicted octanol–water partition coefficient (Wildman–Crippen LogP) is 3.57. The fourth-order valence-corrected chi connectivity index (χ4v) is 3.50. The Kier molecular flexibility index (Phi) is 5.73. The predicted molar refractivity (Wildman–Crippen MR) is 74.7 cm³/mol. The molecule has 2 nitrogen and oxygen atoms in total. The fourth-order valence-electron chi connectivity index (χ4n) is 3.50. The summed E-state index contributed by atoms with van der Waals surface area (Å²) in [6.07, 6.45) is 1.96. The van der Waals surface area contributed by atoms with E-state index in [1.807, 2.05) is 0 Å². The number of piperidine rings is 1. The van der Waals surface area contributed by atoms with Crippen LogP contribution in [0.2, 0.25) is 0 Å². The quantitative estimate of drug-likeness (QED) is 0.852. The minimum absolute atomic E-state index is 0.0441. The van der Waals surface area contributed by atoms with E-state index in [-0.39, 0.29) is 12.5 Å². The molecule has 2 aliphatic rings. The van der Waals surface area contributed by atoms with Crippen molar-refractivity contribution >= 4 is 0 Å². The third kappa shape index (κ3) is 4.62. The Bertz CT molecular complexity index is 287. The van der Waals surface area contributed by atoms with Crippen LogP contribution in [-0.4, -0.2) is 42.8 Å². The third-order valence-corrected chi connectivity index (χ3v) is 4.85. The molecule has 0 bridgehead atoms. The number of halogens is 3. The minimum atomic E-state index is -4.02. The number of hydrogen-bond donors (Lipinski definition) is 1. The second kappa shape index (κ2) is 7.12. The van der Waals surface area contributed by atoms with E-state index in [4.69, 9.17) is 0 Å². The van der Waals surface area contributed by atoms with Crippen LogP contribution in [0.5, 0.6) is 0 Å². The highest BCUT2D eigenvalue weighted by Gasteiger charge is 2.42. The van der Waals surface area contributed by atoms with Gasteiger partial charge in [0, 0.05) is 18.6 Å². The SMILES string of the molecule is CC(CNC1CCCC(C(F)(F)F)C1)N1CCCCC1. The van der Waals surface area contributed by atoms with Gasteiger partial charge in [-0.05, 0) is 52.1 Å². The summed E-state index contributed by atoms with van der Waals surface area (Å²) in [5.41, 5.74) is 0. The molecule has 1 heterocycles. The van der Waals surface area contributed by atoms with E-state index in [2.05, 4.69) is 17.1 Å². The van der Waals surface area contributed by atoms with E-state index in [0.717, 1.165) is 26.1 Å².